The normalized spacial score (nSPS) is 28.1. The molecule has 1 N–H and O–H groups in total. The van der Waals surface area contributed by atoms with Crippen molar-refractivity contribution in [2.24, 2.45) is 5.92 Å². The zero-order valence-electron chi connectivity index (χ0n) is 33.5. The molecule has 2 aliphatic rings. The summed E-state index contributed by atoms with van der Waals surface area (Å²) >= 11 is 0.935. The van der Waals surface area contributed by atoms with Crippen LogP contribution in [0.1, 0.15) is 76.1 Å². The molecule has 0 amide bonds. The number of esters is 5. The Hall–Kier alpha value is -3.80. The second-order valence-electron chi connectivity index (χ2n) is 15.3. The Balaban J connectivity index is 1.82. The topological polar surface area (TPSA) is 179 Å². The number of carbonyl (C=O) groups excluding carboxylic acids is 5. The average Bonchev–Trinajstić information content (AvgIpc) is 3.13. The van der Waals surface area contributed by atoms with Crippen molar-refractivity contribution in [3.63, 3.8) is 0 Å². The molecule has 0 spiro atoms. The predicted molar refractivity (Wildman–Crippen MR) is 207 cm³/mol. The molecule has 308 valence electrons. The molecule has 56 heavy (non-hydrogen) atoms. The van der Waals surface area contributed by atoms with Gasteiger partial charge in [0.05, 0.1) is 28.6 Å². The molecule has 2 aromatic rings. The van der Waals surface area contributed by atoms with Crippen LogP contribution in [0.2, 0.25) is 18.1 Å². The molecule has 2 aromatic carbocycles. The SMILES string of the molecule is CC(=O)O[C@@H]1[C@H](OC(C)=O)[C@H](C)O[C@@H](S[C@H]2[C@@H](O)[C@@H](COC(=O)c3ccccc3)O[C@@H](O[Si](C)(C)C(C)(C)C(C)C)[C@@H]2OC(=O)c2ccccc2)[C@H]1OC(C)=O. The van der Waals surface area contributed by atoms with Crippen molar-refractivity contribution in [3.8, 4) is 0 Å². The van der Waals surface area contributed by atoms with Crippen molar-refractivity contribution in [1.29, 1.82) is 0 Å². The highest BCUT2D eigenvalue weighted by Crippen LogP contribution is 2.47. The standard InChI is InChI=1S/C40H54O14SSi/c1-22(2)40(7,8)56(9,10)54-38-34(53-37(46)28-19-15-12-16-20-28)35(30(44)29(52-38)21-47-36(45)27-17-13-11-14-18-27)55-39-33(51-26(6)43)32(50-25(5)42)31(23(3)48-39)49-24(4)41/h11-20,22-23,29-35,38-39,44H,21H2,1-10H3/t23-,29+,30-,31+,32+,33-,34+,35-,38-,39-/m0/s1. The quantitative estimate of drug-likeness (QED) is 0.144. The van der Waals surface area contributed by atoms with Gasteiger partial charge in [0.25, 0.3) is 0 Å². The molecule has 2 heterocycles. The van der Waals surface area contributed by atoms with E-state index in [1.807, 2.05) is 13.1 Å². The van der Waals surface area contributed by atoms with Gasteiger partial charge < -0.3 is 42.7 Å². The Morgan fingerprint density at radius 3 is 1.77 bits per heavy atom. The van der Waals surface area contributed by atoms with E-state index in [-0.39, 0.29) is 22.1 Å². The summed E-state index contributed by atoms with van der Waals surface area (Å²) in [7, 11) is -2.81. The lowest BCUT2D eigenvalue weighted by Crippen LogP contribution is -2.64. The number of benzene rings is 2. The number of aliphatic hydroxyl groups excluding tert-OH is 1. The van der Waals surface area contributed by atoms with Gasteiger partial charge in [0.15, 0.2) is 39.0 Å². The smallest absolute Gasteiger partial charge is 0.338 e. The first-order valence-electron chi connectivity index (χ1n) is 18.6. The van der Waals surface area contributed by atoms with Gasteiger partial charge in [-0.05, 0) is 55.2 Å². The monoisotopic (exact) mass is 818 g/mol. The summed E-state index contributed by atoms with van der Waals surface area (Å²) in [5.74, 6) is -3.40. The Bertz CT molecular complexity index is 1670. The van der Waals surface area contributed by atoms with Gasteiger partial charge in [0, 0.05) is 20.8 Å². The van der Waals surface area contributed by atoms with Crippen LogP contribution in [0.15, 0.2) is 60.7 Å². The summed E-state index contributed by atoms with van der Waals surface area (Å²) in [5, 5.41) is 10.7. The highest BCUT2D eigenvalue weighted by atomic mass is 32.2. The second-order valence-corrected chi connectivity index (χ2v) is 21.1. The lowest BCUT2D eigenvalue weighted by molar-refractivity contribution is -0.243. The lowest BCUT2D eigenvalue weighted by atomic mass is 9.99. The Morgan fingerprint density at radius 2 is 1.25 bits per heavy atom. The van der Waals surface area contributed by atoms with Crippen LogP contribution >= 0.6 is 11.8 Å². The highest BCUT2D eigenvalue weighted by molar-refractivity contribution is 8.00. The van der Waals surface area contributed by atoms with Crippen molar-refractivity contribution in [3.05, 3.63) is 71.8 Å². The Morgan fingerprint density at radius 1 is 0.750 bits per heavy atom. The van der Waals surface area contributed by atoms with E-state index in [2.05, 4.69) is 27.7 Å². The van der Waals surface area contributed by atoms with Gasteiger partial charge in [-0.2, -0.15) is 0 Å². The third kappa shape index (κ3) is 11.0. The van der Waals surface area contributed by atoms with Crippen LogP contribution in [-0.2, 0) is 52.0 Å². The van der Waals surface area contributed by atoms with Crippen LogP contribution in [0.3, 0.4) is 0 Å². The van der Waals surface area contributed by atoms with Crippen molar-refractivity contribution in [2.45, 2.75) is 133 Å². The summed E-state index contributed by atoms with van der Waals surface area (Å²) in [5.41, 5.74) is -0.695. The van der Waals surface area contributed by atoms with E-state index in [9.17, 15) is 29.1 Å². The van der Waals surface area contributed by atoms with Crippen molar-refractivity contribution in [2.75, 3.05) is 6.61 Å². The predicted octanol–water partition coefficient (Wildman–Crippen LogP) is 5.45. The van der Waals surface area contributed by atoms with E-state index in [4.69, 9.17) is 37.6 Å². The average molecular weight is 819 g/mol. The maximum Gasteiger partial charge on any atom is 0.338 e. The third-order valence-corrected chi connectivity index (χ3v) is 16.6. The fourth-order valence-electron chi connectivity index (χ4n) is 6.36. The first-order valence-corrected chi connectivity index (χ1v) is 22.4. The summed E-state index contributed by atoms with van der Waals surface area (Å²) in [6.07, 6.45) is -10.1. The first kappa shape index (κ1) is 44.9. The van der Waals surface area contributed by atoms with Crippen LogP contribution in [0.4, 0.5) is 0 Å². The van der Waals surface area contributed by atoms with Gasteiger partial charge in [-0.3, -0.25) is 14.4 Å². The van der Waals surface area contributed by atoms with Gasteiger partial charge in [0.2, 0.25) is 0 Å². The fraction of sp³-hybridized carbons (Fsp3) is 0.575. The maximum absolute atomic E-state index is 13.8. The molecule has 0 unspecified atom stereocenters. The van der Waals surface area contributed by atoms with Gasteiger partial charge in [-0.15, -0.1) is 11.8 Å². The molecular weight excluding hydrogens is 765 g/mol. The zero-order chi connectivity index (χ0) is 41.5. The second kappa shape index (κ2) is 19.1. The minimum Gasteiger partial charge on any atom is -0.459 e. The third-order valence-electron chi connectivity index (χ3n) is 10.6. The van der Waals surface area contributed by atoms with E-state index < -0.39 is 104 Å². The first-order chi connectivity index (χ1) is 26.2. The molecule has 0 aromatic heterocycles. The summed E-state index contributed by atoms with van der Waals surface area (Å²) in [6, 6.07) is 16.6. The molecule has 10 atom stereocenters. The van der Waals surface area contributed by atoms with E-state index in [1.165, 1.54) is 6.92 Å². The molecule has 16 heteroatoms. The summed E-state index contributed by atoms with van der Waals surface area (Å²) in [6.45, 7) is 17.1. The van der Waals surface area contributed by atoms with Crippen LogP contribution in [0.5, 0.6) is 0 Å². The van der Waals surface area contributed by atoms with Gasteiger partial charge in [0.1, 0.15) is 18.1 Å². The number of rotatable bonds is 14. The minimum atomic E-state index is -2.81. The Labute approximate surface area is 333 Å². The van der Waals surface area contributed by atoms with Crippen LogP contribution in [0.25, 0.3) is 0 Å². The molecule has 0 bridgehead atoms. The number of carbonyl (C=O) groups is 5. The van der Waals surface area contributed by atoms with Crippen molar-refractivity contribution >= 4 is 49.9 Å². The number of thioether (sulfide) groups is 1. The molecule has 14 nitrogen and oxygen atoms in total. The van der Waals surface area contributed by atoms with E-state index >= 15 is 0 Å². The summed E-state index contributed by atoms with van der Waals surface area (Å²) < 4.78 is 48.4. The lowest BCUT2D eigenvalue weighted by Gasteiger charge is -2.50. The number of ether oxygens (including phenoxy) is 7. The molecule has 2 aliphatic heterocycles. The van der Waals surface area contributed by atoms with E-state index in [0.717, 1.165) is 25.6 Å². The molecule has 2 saturated heterocycles. The number of aliphatic hydroxyl groups is 1. The van der Waals surface area contributed by atoms with Gasteiger partial charge in [-0.1, -0.05) is 64.1 Å². The van der Waals surface area contributed by atoms with Gasteiger partial charge in [-0.25, -0.2) is 9.59 Å². The highest BCUT2D eigenvalue weighted by Gasteiger charge is 2.57. The van der Waals surface area contributed by atoms with Crippen LogP contribution in [-0.4, -0.2) is 110 Å². The van der Waals surface area contributed by atoms with Crippen molar-refractivity contribution in [1.82, 2.24) is 0 Å². The molecule has 0 aliphatic carbocycles. The fourth-order valence-corrected chi connectivity index (χ4v) is 10.4. The zero-order valence-corrected chi connectivity index (χ0v) is 35.3. The molecule has 2 fully saturated rings. The molecule has 0 radical (unpaired) electrons. The van der Waals surface area contributed by atoms with Crippen molar-refractivity contribution < 1.29 is 66.7 Å². The van der Waals surface area contributed by atoms with Crippen LogP contribution in [0, 0.1) is 5.92 Å². The van der Waals surface area contributed by atoms with Gasteiger partial charge >= 0.3 is 29.8 Å². The molecular formula is C40H54O14SSi. The summed E-state index contributed by atoms with van der Waals surface area (Å²) in [4.78, 5) is 64.0. The minimum absolute atomic E-state index is 0.168. The molecule has 0 saturated carbocycles. The Kier molecular flexibility index (Phi) is 15.3. The largest absolute Gasteiger partial charge is 0.459 e. The van der Waals surface area contributed by atoms with E-state index in [0.29, 0.717) is 0 Å². The maximum atomic E-state index is 13.8. The number of hydrogen-bond acceptors (Lipinski definition) is 15. The molecule has 4 rings (SSSR count). The van der Waals surface area contributed by atoms with Crippen LogP contribution < -0.4 is 0 Å². The van der Waals surface area contributed by atoms with E-state index in [1.54, 1.807) is 67.6 Å². The number of hydrogen-bond donors (Lipinski definition) is 1.